The van der Waals surface area contributed by atoms with Gasteiger partial charge in [0.1, 0.15) is 0 Å². The van der Waals surface area contributed by atoms with E-state index in [2.05, 4.69) is 97.1 Å². The fraction of sp³-hybridized carbons (Fsp3) is 0.435. The van der Waals surface area contributed by atoms with Crippen molar-refractivity contribution in [1.29, 1.82) is 0 Å². The Morgan fingerprint density at radius 3 is 1.85 bits per heavy atom. The fourth-order valence-corrected chi connectivity index (χ4v) is 15.0. The molecule has 0 aliphatic heterocycles. The summed E-state index contributed by atoms with van der Waals surface area (Å²) in [6, 6.07) is 37.8. The first kappa shape index (κ1) is 32.7. The van der Waals surface area contributed by atoms with Crippen LogP contribution in [-0.2, 0) is 12.3 Å². The largest absolute Gasteiger partial charge is 0.0958 e. The van der Waals surface area contributed by atoms with Gasteiger partial charge in [0.25, 0.3) is 0 Å². The average Bonchev–Trinajstić information content (AvgIpc) is 3.17. The normalized spacial score (nSPS) is 18.9. The maximum Gasteiger partial charge on any atom is -0.00568 e. The predicted octanol–water partition coefficient (Wildman–Crippen LogP) is 13.9. The van der Waals surface area contributed by atoms with Crippen molar-refractivity contribution >= 4 is 43.4 Å². The molecule has 0 amide bonds. The Hall–Kier alpha value is -2.52. The number of fused-ring (bicyclic) bond motifs is 2. The summed E-state index contributed by atoms with van der Waals surface area (Å²) in [4.78, 5) is 0. The van der Waals surface area contributed by atoms with E-state index >= 15 is 0 Å². The standard InChI is InChI=1S/C46H54P2/c1-4-17-35(18-5-1)41-27-14-15-30-45(41)47-32-37-31-36-20-11-13-28-42(36)46(43-29-16-21-34-19-10-12-26-40(34)43)44(37)33-48(38-22-6-2-7-23-38)39-24-8-3-9-25-39/h10-16,19-21,26-31,35,38-39,47H,1-9,17-18,22-25,32-33H2. The Morgan fingerprint density at radius 2 is 1.12 bits per heavy atom. The van der Waals surface area contributed by atoms with Gasteiger partial charge in [-0.1, -0.05) is 171 Å². The number of hydrogen-bond acceptors (Lipinski definition) is 0. The molecule has 0 heterocycles. The van der Waals surface area contributed by atoms with Gasteiger partial charge in [-0.2, -0.15) is 0 Å². The molecule has 3 saturated carbocycles. The quantitative estimate of drug-likeness (QED) is 0.137. The minimum atomic E-state index is -0.0730. The van der Waals surface area contributed by atoms with Gasteiger partial charge < -0.3 is 0 Å². The van der Waals surface area contributed by atoms with Crippen molar-refractivity contribution in [3.05, 3.63) is 114 Å². The van der Waals surface area contributed by atoms with Gasteiger partial charge in [-0.15, -0.1) is 0 Å². The molecule has 1 atom stereocenters. The van der Waals surface area contributed by atoms with E-state index in [1.807, 2.05) is 0 Å². The molecule has 2 heteroatoms. The first-order valence-corrected chi connectivity index (χ1v) is 22.3. The molecule has 1 unspecified atom stereocenters. The Morgan fingerprint density at radius 1 is 0.542 bits per heavy atom. The molecule has 8 rings (SSSR count). The van der Waals surface area contributed by atoms with E-state index in [1.54, 1.807) is 27.6 Å². The summed E-state index contributed by atoms with van der Waals surface area (Å²) in [5, 5.41) is 7.29. The summed E-state index contributed by atoms with van der Waals surface area (Å²) in [5.41, 5.74) is 9.94. The summed E-state index contributed by atoms with van der Waals surface area (Å²) in [6.07, 6.45) is 24.1. The molecule has 3 aliphatic rings. The van der Waals surface area contributed by atoms with E-state index in [0.29, 0.717) is 0 Å². The van der Waals surface area contributed by atoms with E-state index in [0.717, 1.165) is 25.8 Å². The van der Waals surface area contributed by atoms with Gasteiger partial charge >= 0.3 is 0 Å². The summed E-state index contributed by atoms with van der Waals surface area (Å²) < 4.78 is 0. The van der Waals surface area contributed by atoms with Crippen LogP contribution in [0.4, 0.5) is 0 Å². The molecular weight excluding hydrogens is 614 g/mol. The Bertz CT molecular complexity index is 1800. The van der Waals surface area contributed by atoms with Crippen LogP contribution in [0.2, 0.25) is 0 Å². The predicted molar refractivity (Wildman–Crippen MR) is 215 cm³/mol. The van der Waals surface area contributed by atoms with Crippen LogP contribution in [0.25, 0.3) is 32.7 Å². The van der Waals surface area contributed by atoms with Gasteiger partial charge in [0, 0.05) is 0 Å². The van der Waals surface area contributed by atoms with Gasteiger partial charge in [-0.25, -0.2) is 0 Å². The van der Waals surface area contributed by atoms with Crippen molar-refractivity contribution in [1.82, 2.24) is 0 Å². The van der Waals surface area contributed by atoms with Crippen LogP contribution in [0.3, 0.4) is 0 Å². The van der Waals surface area contributed by atoms with E-state index in [1.165, 1.54) is 136 Å². The minimum absolute atomic E-state index is 0.0730. The molecule has 5 aromatic rings. The molecule has 0 spiro atoms. The molecule has 5 aromatic carbocycles. The topological polar surface area (TPSA) is 0 Å². The van der Waals surface area contributed by atoms with Crippen molar-refractivity contribution < 1.29 is 0 Å². The molecule has 0 saturated heterocycles. The highest BCUT2D eigenvalue weighted by atomic mass is 31.1. The molecule has 0 aromatic heterocycles. The molecule has 0 bridgehead atoms. The lowest BCUT2D eigenvalue weighted by Gasteiger charge is -2.39. The van der Waals surface area contributed by atoms with Crippen molar-refractivity contribution in [2.75, 3.05) is 0 Å². The molecule has 3 fully saturated rings. The lowest BCUT2D eigenvalue weighted by molar-refractivity contribution is 0.445. The van der Waals surface area contributed by atoms with E-state index in [-0.39, 0.29) is 7.92 Å². The molecule has 0 radical (unpaired) electrons. The SMILES string of the molecule is c1ccc(C2CCCCC2)c(PCc2cc3ccccc3c(-c3cccc4ccccc34)c2CP(C2CCCCC2)C2CCCCC2)c1. The third-order valence-corrected chi connectivity index (χ3v) is 17.2. The maximum atomic E-state index is 2.64. The fourth-order valence-electron chi connectivity index (χ4n) is 9.72. The van der Waals surface area contributed by atoms with Gasteiger partial charge in [0.05, 0.1) is 0 Å². The van der Waals surface area contributed by atoms with E-state index in [9.17, 15) is 0 Å². The second-order valence-corrected chi connectivity index (χ2v) is 19.2. The zero-order valence-corrected chi connectivity index (χ0v) is 30.8. The van der Waals surface area contributed by atoms with Crippen LogP contribution in [-0.4, -0.2) is 11.3 Å². The van der Waals surface area contributed by atoms with Gasteiger partial charge in [-0.3, -0.25) is 0 Å². The smallest absolute Gasteiger partial charge is 0.00568 e. The second kappa shape index (κ2) is 15.6. The van der Waals surface area contributed by atoms with Crippen molar-refractivity contribution in [2.24, 2.45) is 0 Å². The van der Waals surface area contributed by atoms with Crippen LogP contribution >= 0.6 is 16.5 Å². The highest BCUT2D eigenvalue weighted by Crippen LogP contribution is 2.59. The third-order valence-electron chi connectivity index (χ3n) is 12.2. The molecule has 0 N–H and O–H groups in total. The summed E-state index contributed by atoms with van der Waals surface area (Å²) >= 11 is 0. The first-order chi connectivity index (χ1) is 23.8. The number of benzene rings is 5. The van der Waals surface area contributed by atoms with Gasteiger partial charge in [0.2, 0.25) is 0 Å². The van der Waals surface area contributed by atoms with Crippen LogP contribution in [0, 0.1) is 0 Å². The molecule has 48 heavy (non-hydrogen) atoms. The number of hydrogen-bond donors (Lipinski definition) is 0. The molecule has 248 valence electrons. The second-order valence-electron chi connectivity index (χ2n) is 15.2. The minimum Gasteiger partial charge on any atom is -0.0958 e. The third kappa shape index (κ3) is 7.05. The molecule has 0 nitrogen and oxygen atoms in total. The summed E-state index contributed by atoms with van der Waals surface area (Å²) in [6.45, 7) is 0. The highest BCUT2D eigenvalue weighted by molar-refractivity contribution is 7.58. The summed E-state index contributed by atoms with van der Waals surface area (Å²) in [5.74, 6) is 0.759. The van der Waals surface area contributed by atoms with Crippen LogP contribution in [0.5, 0.6) is 0 Å². The molecular formula is C46H54P2. The maximum absolute atomic E-state index is 2.64. The van der Waals surface area contributed by atoms with Crippen LogP contribution in [0.15, 0.2) is 97.1 Å². The average molecular weight is 669 g/mol. The first-order valence-electron chi connectivity index (χ1n) is 19.4. The lowest BCUT2D eigenvalue weighted by Crippen LogP contribution is -2.22. The zero-order valence-electron chi connectivity index (χ0n) is 28.9. The highest BCUT2D eigenvalue weighted by Gasteiger charge is 2.33. The number of rotatable bonds is 9. The Kier molecular flexibility index (Phi) is 10.6. The molecule has 3 aliphatic carbocycles. The van der Waals surface area contributed by atoms with Gasteiger partial charge in [-0.05, 0) is 123 Å². The van der Waals surface area contributed by atoms with Gasteiger partial charge in [0.15, 0.2) is 0 Å². The van der Waals surface area contributed by atoms with E-state index < -0.39 is 0 Å². The Balaban J connectivity index is 1.28. The van der Waals surface area contributed by atoms with Crippen LogP contribution in [0.1, 0.15) is 119 Å². The van der Waals surface area contributed by atoms with Crippen LogP contribution < -0.4 is 5.30 Å². The van der Waals surface area contributed by atoms with E-state index in [4.69, 9.17) is 0 Å². The van der Waals surface area contributed by atoms with Crippen molar-refractivity contribution in [3.8, 4) is 11.1 Å². The zero-order chi connectivity index (χ0) is 32.1. The van der Waals surface area contributed by atoms with Crippen molar-refractivity contribution in [2.45, 2.75) is 126 Å². The lowest BCUT2D eigenvalue weighted by atomic mass is 9.84. The monoisotopic (exact) mass is 668 g/mol. The Labute approximate surface area is 293 Å². The summed E-state index contributed by atoms with van der Waals surface area (Å²) in [7, 11) is 0.751. The van der Waals surface area contributed by atoms with Crippen molar-refractivity contribution in [3.63, 3.8) is 0 Å².